The molecule has 2 aromatic carbocycles. The number of hydrogen-bond donors (Lipinski definition) is 1. The van der Waals surface area contributed by atoms with Crippen LogP contribution in [0.3, 0.4) is 0 Å². The van der Waals surface area contributed by atoms with Gasteiger partial charge in [-0.1, -0.05) is 37.3 Å². The summed E-state index contributed by atoms with van der Waals surface area (Å²) in [5, 5.41) is 3.34. The zero-order chi connectivity index (χ0) is 13.0. The molecule has 18 heavy (non-hydrogen) atoms. The highest BCUT2D eigenvalue weighted by atomic mass is 19.1. The van der Waals surface area contributed by atoms with E-state index in [1.807, 2.05) is 24.3 Å². The van der Waals surface area contributed by atoms with Crippen LogP contribution in [0.15, 0.2) is 48.5 Å². The molecular weight excluding hydrogens is 225 g/mol. The molecule has 0 aliphatic heterocycles. The minimum absolute atomic E-state index is 0.156. The van der Waals surface area contributed by atoms with Crippen LogP contribution in [0, 0.1) is 12.7 Å². The highest BCUT2D eigenvalue weighted by Crippen LogP contribution is 2.18. The average Bonchev–Trinajstić information content (AvgIpc) is 2.41. The number of hydrogen-bond acceptors (Lipinski definition) is 1. The Bertz CT molecular complexity index is 508. The van der Waals surface area contributed by atoms with E-state index in [9.17, 15) is 4.39 Å². The van der Waals surface area contributed by atoms with Gasteiger partial charge in [0.15, 0.2) is 0 Å². The van der Waals surface area contributed by atoms with Gasteiger partial charge in [-0.05, 0) is 42.2 Å². The number of nitrogens with one attached hydrogen (secondary N) is 1. The van der Waals surface area contributed by atoms with Gasteiger partial charge >= 0.3 is 0 Å². The minimum Gasteiger partial charge on any atom is -0.384 e. The van der Waals surface area contributed by atoms with Gasteiger partial charge in [-0.25, -0.2) is 4.39 Å². The molecule has 0 bridgehead atoms. The summed E-state index contributed by atoms with van der Waals surface area (Å²) in [4.78, 5) is 0. The van der Waals surface area contributed by atoms with Crippen LogP contribution in [0.1, 0.15) is 24.0 Å². The largest absolute Gasteiger partial charge is 0.384 e. The van der Waals surface area contributed by atoms with Crippen LogP contribution in [0.5, 0.6) is 0 Å². The van der Waals surface area contributed by atoms with E-state index in [-0.39, 0.29) is 5.82 Å². The average molecular weight is 243 g/mol. The second-order valence-corrected chi connectivity index (χ2v) is 4.66. The molecule has 0 saturated heterocycles. The molecule has 1 unspecified atom stereocenters. The van der Waals surface area contributed by atoms with Crippen LogP contribution in [-0.2, 0) is 0 Å². The summed E-state index contributed by atoms with van der Waals surface area (Å²) < 4.78 is 13.1. The first kappa shape index (κ1) is 12.6. The normalized spacial score (nSPS) is 12.2. The van der Waals surface area contributed by atoms with Gasteiger partial charge in [-0.2, -0.15) is 0 Å². The summed E-state index contributed by atoms with van der Waals surface area (Å²) >= 11 is 0. The fourth-order valence-corrected chi connectivity index (χ4v) is 1.93. The Morgan fingerprint density at radius 3 is 2.50 bits per heavy atom. The lowest BCUT2D eigenvalue weighted by atomic mass is 10.0. The number of anilines is 1. The van der Waals surface area contributed by atoms with E-state index in [2.05, 4.69) is 24.4 Å². The first-order valence-corrected chi connectivity index (χ1v) is 6.22. The molecule has 2 aromatic rings. The highest BCUT2D eigenvalue weighted by Gasteiger charge is 2.05. The van der Waals surface area contributed by atoms with Crippen LogP contribution >= 0.6 is 0 Å². The number of aryl methyl sites for hydroxylation is 1. The zero-order valence-electron chi connectivity index (χ0n) is 10.8. The molecule has 2 heteroatoms. The van der Waals surface area contributed by atoms with Gasteiger partial charge in [-0.15, -0.1) is 0 Å². The van der Waals surface area contributed by atoms with E-state index >= 15 is 0 Å². The molecule has 1 atom stereocenters. The Morgan fingerprint density at radius 1 is 1.11 bits per heavy atom. The van der Waals surface area contributed by atoms with Gasteiger partial charge in [0.1, 0.15) is 5.82 Å². The third-order valence-corrected chi connectivity index (χ3v) is 3.14. The Labute approximate surface area is 108 Å². The molecule has 0 heterocycles. The molecule has 0 radical (unpaired) electrons. The Kier molecular flexibility index (Phi) is 3.98. The van der Waals surface area contributed by atoms with Crippen molar-refractivity contribution in [2.45, 2.75) is 19.8 Å². The topological polar surface area (TPSA) is 12.0 Å². The van der Waals surface area contributed by atoms with Crippen molar-refractivity contribution in [2.24, 2.45) is 0 Å². The fraction of sp³-hybridized carbons (Fsp3) is 0.250. The lowest BCUT2D eigenvalue weighted by Gasteiger charge is -2.14. The van der Waals surface area contributed by atoms with Gasteiger partial charge in [0.2, 0.25) is 0 Å². The Balaban J connectivity index is 1.97. The monoisotopic (exact) mass is 243 g/mol. The molecule has 2 rings (SSSR count). The van der Waals surface area contributed by atoms with Crippen molar-refractivity contribution in [3.63, 3.8) is 0 Å². The van der Waals surface area contributed by atoms with E-state index in [4.69, 9.17) is 0 Å². The van der Waals surface area contributed by atoms with Crippen molar-refractivity contribution in [1.29, 1.82) is 0 Å². The van der Waals surface area contributed by atoms with Crippen LogP contribution in [0.25, 0.3) is 0 Å². The second-order valence-electron chi connectivity index (χ2n) is 4.66. The predicted molar refractivity (Wildman–Crippen MR) is 74.5 cm³/mol. The molecule has 0 amide bonds. The third kappa shape index (κ3) is 3.10. The van der Waals surface area contributed by atoms with Crippen molar-refractivity contribution in [3.05, 3.63) is 65.5 Å². The van der Waals surface area contributed by atoms with Crippen molar-refractivity contribution >= 4 is 5.69 Å². The molecule has 94 valence electrons. The first-order valence-electron chi connectivity index (χ1n) is 6.22. The molecule has 0 aromatic heterocycles. The predicted octanol–water partition coefficient (Wildman–Crippen LogP) is 4.35. The molecular formula is C16H18FN. The van der Waals surface area contributed by atoms with Gasteiger partial charge in [0.25, 0.3) is 0 Å². The molecule has 0 saturated carbocycles. The summed E-state index contributed by atoms with van der Waals surface area (Å²) in [5.41, 5.74) is 2.95. The third-order valence-electron chi connectivity index (χ3n) is 3.14. The number of benzene rings is 2. The van der Waals surface area contributed by atoms with Crippen LogP contribution in [-0.4, -0.2) is 6.54 Å². The van der Waals surface area contributed by atoms with E-state index < -0.39 is 0 Å². The van der Waals surface area contributed by atoms with Gasteiger partial charge < -0.3 is 5.32 Å². The second kappa shape index (κ2) is 5.67. The maximum atomic E-state index is 13.1. The smallest absolute Gasteiger partial charge is 0.126 e. The minimum atomic E-state index is -0.156. The zero-order valence-corrected chi connectivity index (χ0v) is 10.8. The van der Waals surface area contributed by atoms with Crippen molar-refractivity contribution in [2.75, 3.05) is 11.9 Å². The standard InChI is InChI=1S/C16H18FN/c1-12-10-15(8-9-16(12)17)18-11-13(2)14-6-4-3-5-7-14/h3-10,13,18H,11H2,1-2H3. The first-order chi connectivity index (χ1) is 8.66. The molecule has 1 nitrogen and oxygen atoms in total. The fourth-order valence-electron chi connectivity index (χ4n) is 1.93. The van der Waals surface area contributed by atoms with Gasteiger partial charge in [-0.3, -0.25) is 0 Å². The number of halogens is 1. The molecule has 0 spiro atoms. The SMILES string of the molecule is Cc1cc(NCC(C)c2ccccc2)ccc1F. The molecule has 1 N–H and O–H groups in total. The van der Waals surface area contributed by atoms with E-state index in [0.717, 1.165) is 12.2 Å². The summed E-state index contributed by atoms with van der Waals surface area (Å²) in [6, 6.07) is 15.5. The lowest BCUT2D eigenvalue weighted by molar-refractivity contribution is 0.618. The van der Waals surface area contributed by atoms with Gasteiger partial charge in [0.05, 0.1) is 0 Å². The van der Waals surface area contributed by atoms with Crippen LogP contribution < -0.4 is 5.32 Å². The van der Waals surface area contributed by atoms with Crippen molar-refractivity contribution < 1.29 is 4.39 Å². The maximum Gasteiger partial charge on any atom is 0.126 e. The van der Waals surface area contributed by atoms with E-state index in [1.54, 1.807) is 13.0 Å². The van der Waals surface area contributed by atoms with Crippen molar-refractivity contribution in [1.82, 2.24) is 0 Å². The van der Waals surface area contributed by atoms with Gasteiger partial charge in [0, 0.05) is 12.2 Å². The number of rotatable bonds is 4. The van der Waals surface area contributed by atoms with E-state index in [1.165, 1.54) is 11.6 Å². The Morgan fingerprint density at radius 2 is 1.83 bits per heavy atom. The van der Waals surface area contributed by atoms with Crippen LogP contribution in [0.2, 0.25) is 0 Å². The summed E-state index contributed by atoms with van der Waals surface area (Å²) in [6.45, 7) is 4.80. The van der Waals surface area contributed by atoms with Crippen molar-refractivity contribution in [3.8, 4) is 0 Å². The van der Waals surface area contributed by atoms with Crippen LogP contribution in [0.4, 0.5) is 10.1 Å². The molecule has 0 fully saturated rings. The molecule has 0 aliphatic rings. The molecule has 0 aliphatic carbocycles. The highest BCUT2D eigenvalue weighted by molar-refractivity contribution is 5.46. The maximum absolute atomic E-state index is 13.1. The quantitative estimate of drug-likeness (QED) is 0.841. The summed E-state index contributed by atoms with van der Waals surface area (Å²) in [5.74, 6) is 0.271. The lowest BCUT2D eigenvalue weighted by Crippen LogP contribution is -2.09. The summed E-state index contributed by atoms with van der Waals surface area (Å²) in [6.07, 6.45) is 0. The summed E-state index contributed by atoms with van der Waals surface area (Å²) in [7, 11) is 0. The Hall–Kier alpha value is -1.83. The van der Waals surface area contributed by atoms with E-state index in [0.29, 0.717) is 11.5 Å².